The summed E-state index contributed by atoms with van der Waals surface area (Å²) in [5, 5.41) is 2.79. The number of hydrogen-bond donors (Lipinski definition) is 1. The van der Waals surface area contributed by atoms with E-state index >= 15 is 0 Å². The molecular weight excluding hydrogens is 256 g/mol. The predicted molar refractivity (Wildman–Crippen MR) is 76.7 cm³/mol. The standard InChI is InChI=1S/C15H20N2O3/c1-3-12(4-2)17-14(18)11-20-15(19)9-8-13-7-5-6-10-16-13/h5-10,12H,3-4,11H2,1-2H3,(H,17,18). The van der Waals surface area contributed by atoms with Gasteiger partial charge in [-0.2, -0.15) is 0 Å². The molecule has 0 saturated heterocycles. The van der Waals surface area contributed by atoms with E-state index in [2.05, 4.69) is 10.3 Å². The van der Waals surface area contributed by atoms with Crippen LogP contribution in [0.5, 0.6) is 0 Å². The van der Waals surface area contributed by atoms with Crippen LogP contribution >= 0.6 is 0 Å². The number of nitrogens with one attached hydrogen (secondary N) is 1. The Morgan fingerprint density at radius 3 is 2.70 bits per heavy atom. The summed E-state index contributed by atoms with van der Waals surface area (Å²) < 4.78 is 4.85. The summed E-state index contributed by atoms with van der Waals surface area (Å²) in [7, 11) is 0. The highest BCUT2D eigenvalue weighted by Gasteiger charge is 2.09. The highest BCUT2D eigenvalue weighted by molar-refractivity contribution is 5.89. The average Bonchev–Trinajstić information content (AvgIpc) is 2.49. The number of amides is 1. The van der Waals surface area contributed by atoms with Crippen LogP contribution < -0.4 is 5.32 Å². The van der Waals surface area contributed by atoms with Crippen LogP contribution in [0, 0.1) is 0 Å². The zero-order chi connectivity index (χ0) is 14.8. The molecule has 0 aliphatic heterocycles. The van der Waals surface area contributed by atoms with Gasteiger partial charge in [0.15, 0.2) is 6.61 Å². The third-order valence-corrected chi connectivity index (χ3v) is 2.77. The number of ether oxygens (including phenoxy) is 1. The molecule has 0 aromatic carbocycles. The summed E-state index contributed by atoms with van der Waals surface area (Å²) in [6, 6.07) is 5.51. The summed E-state index contributed by atoms with van der Waals surface area (Å²) in [6.07, 6.45) is 6.15. The average molecular weight is 276 g/mol. The van der Waals surface area contributed by atoms with Gasteiger partial charge in [0.1, 0.15) is 0 Å². The zero-order valence-electron chi connectivity index (χ0n) is 11.8. The number of hydrogen-bond acceptors (Lipinski definition) is 4. The maximum Gasteiger partial charge on any atom is 0.331 e. The molecule has 0 spiro atoms. The Kier molecular flexibility index (Phi) is 7.03. The first kappa shape index (κ1) is 15.9. The molecule has 1 rings (SSSR count). The topological polar surface area (TPSA) is 68.3 Å². The number of esters is 1. The Morgan fingerprint density at radius 2 is 2.10 bits per heavy atom. The van der Waals surface area contributed by atoms with Crippen LogP contribution in [0.15, 0.2) is 30.5 Å². The smallest absolute Gasteiger partial charge is 0.331 e. The van der Waals surface area contributed by atoms with Gasteiger partial charge in [-0.3, -0.25) is 9.78 Å². The van der Waals surface area contributed by atoms with Crippen LogP contribution in [0.3, 0.4) is 0 Å². The van der Waals surface area contributed by atoms with Gasteiger partial charge in [0.2, 0.25) is 0 Å². The first-order chi connectivity index (χ1) is 9.65. The van der Waals surface area contributed by atoms with Crippen molar-refractivity contribution in [2.75, 3.05) is 6.61 Å². The molecule has 1 amide bonds. The monoisotopic (exact) mass is 276 g/mol. The minimum Gasteiger partial charge on any atom is -0.452 e. The van der Waals surface area contributed by atoms with Crippen molar-refractivity contribution < 1.29 is 14.3 Å². The van der Waals surface area contributed by atoms with Crippen molar-refractivity contribution in [1.82, 2.24) is 10.3 Å². The Hall–Kier alpha value is -2.17. The first-order valence-corrected chi connectivity index (χ1v) is 6.71. The number of nitrogens with zero attached hydrogens (tertiary/aromatic N) is 1. The molecule has 0 unspecified atom stereocenters. The molecular formula is C15H20N2O3. The summed E-state index contributed by atoms with van der Waals surface area (Å²) in [5.74, 6) is -0.839. The second-order valence-corrected chi connectivity index (χ2v) is 4.28. The normalized spacial score (nSPS) is 10.8. The van der Waals surface area contributed by atoms with Gasteiger partial charge in [-0.15, -0.1) is 0 Å². The molecule has 0 bridgehead atoms. The van der Waals surface area contributed by atoms with Crippen LogP contribution in [0.2, 0.25) is 0 Å². The van der Waals surface area contributed by atoms with Gasteiger partial charge in [0.25, 0.3) is 5.91 Å². The van der Waals surface area contributed by atoms with E-state index in [1.807, 2.05) is 19.9 Å². The number of carbonyl (C=O) groups is 2. The highest BCUT2D eigenvalue weighted by Crippen LogP contribution is 1.98. The number of rotatable bonds is 7. The van der Waals surface area contributed by atoms with Crippen molar-refractivity contribution in [2.24, 2.45) is 0 Å². The van der Waals surface area contributed by atoms with Crippen LogP contribution in [-0.4, -0.2) is 29.5 Å². The third-order valence-electron chi connectivity index (χ3n) is 2.77. The Bertz CT molecular complexity index is 453. The molecule has 1 heterocycles. The zero-order valence-corrected chi connectivity index (χ0v) is 11.8. The fourth-order valence-electron chi connectivity index (χ4n) is 1.57. The fraction of sp³-hybridized carbons (Fsp3) is 0.400. The van der Waals surface area contributed by atoms with Gasteiger partial charge >= 0.3 is 5.97 Å². The molecule has 108 valence electrons. The number of aromatic nitrogens is 1. The van der Waals surface area contributed by atoms with Crippen LogP contribution in [0.4, 0.5) is 0 Å². The van der Waals surface area contributed by atoms with Gasteiger partial charge in [-0.05, 0) is 31.1 Å². The molecule has 1 N–H and O–H groups in total. The van der Waals surface area contributed by atoms with Crippen molar-refractivity contribution in [3.63, 3.8) is 0 Å². The molecule has 0 saturated carbocycles. The van der Waals surface area contributed by atoms with Crippen molar-refractivity contribution in [1.29, 1.82) is 0 Å². The maximum atomic E-state index is 11.5. The quantitative estimate of drug-likeness (QED) is 0.610. The Balaban J connectivity index is 2.33. The largest absolute Gasteiger partial charge is 0.452 e. The lowest BCUT2D eigenvalue weighted by Gasteiger charge is -2.14. The Morgan fingerprint density at radius 1 is 1.35 bits per heavy atom. The molecule has 0 fully saturated rings. The SMILES string of the molecule is CCC(CC)NC(=O)COC(=O)C=Cc1ccccn1. The number of pyridine rings is 1. The summed E-state index contributed by atoms with van der Waals surface area (Å²) >= 11 is 0. The maximum absolute atomic E-state index is 11.5. The molecule has 5 heteroatoms. The third kappa shape index (κ3) is 6.13. The van der Waals surface area contributed by atoms with E-state index in [0.717, 1.165) is 12.8 Å². The van der Waals surface area contributed by atoms with Gasteiger partial charge in [0, 0.05) is 18.3 Å². The molecule has 1 aromatic rings. The van der Waals surface area contributed by atoms with Crippen LogP contribution in [0.25, 0.3) is 6.08 Å². The fourth-order valence-corrected chi connectivity index (χ4v) is 1.57. The van der Waals surface area contributed by atoms with Crippen molar-refractivity contribution >= 4 is 18.0 Å². The van der Waals surface area contributed by atoms with E-state index in [-0.39, 0.29) is 18.6 Å². The molecule has 0 atom stereocenters. The molecule has 5 nitrogen and oxygen atoms in total. The van der Waals surface area contributed by atoms with Crippen LogP contribution in [-0.2, 0) is 14.3 Å². The second-order valence-electron chi connectivity index (χ2n) is 4.28. The summed E-state index contributed by atoms with van der Waals surface area (Å²) in [4.78, 5) is 27.0. The van der Waals surface area contributed by atoms with Crippen molar-refractivity contribution in [2.45, 2.75) is 32.7 Å². The van der Waals surface area contributed by atoms with Crippen LogP contribution in [0.1, 0.15) is 32.4 Å². The van der Waals surface area contributed by atoms with E-state index in [1.54, 1.807) is 24.4 Å². The van der Waals surface area contributed by atoms with E-state index in [4.69, 9.17) is 4.74 Å². The van der Waals surface area contributed by atoms with E-state index < -0.39 is 5.97 Å². The van der Waals surface area contributed by atoms with E-state index in [0.29, 0.717) is 5.69 Å². The summed E-state index contributed by atoms with van der Waals surface area (Å²) in [6.45, 7) is 3.73. The van der Waals surface area contributed by atoms with E-state index in [9.17, 15) is 9.59 Å². The van der Waals surface area contributed by atoms with Crippen molar-refractivity contribution in [3.05, 3.63) is 36.2 Å². The van der Waals surface area contributed by atoms with Gasteiger partial charge in [0.05, 0.1) is 5.69 Å². The minimum absolute atomic E-state index is 0.130. The van der Waals surface area contributed by atoms with E-state index in [1.165, 1.54) is 6.08 Å². The lowest BCUT2D eigenvalue weighted by Crippen LogP contribution is -2.36. The van der Waals surface area contributed by atoms with Gasteiger partial charge < -0.3 is 10.1 Å². The second kappa shape index (κ2) is 8.85. The molecule has 0 radical (unpaired) electrons. The predicted octanol–water partition coefficient (Wildman–Crippen LogP) is 1.94. The molecule has 1 aromatic heterocycles. The first-order valence-electron chi connectivity index (χ1n) is 6.71. The van der Waals surface area contributed by atoms with Gasteiger partial charge in [-0.1, -0.05) is 19.9 Å². The molecule has 20 heavy (non-hydrogen) atoms. The lowest BCUT2D eigenvalue weighted by molar-refractivity contribution is -0.144. The van der Waals surface area contributed by atoms with Gasteiger partial charge in [-0.25, -0.2) is 4.79 Å². The Labute approximate surface area is 119 Å². The number of carbonyl (C=O) groups excluding carboxylic acids is 2. The highest BCUT2D eigenvalue weighted by atomic mass is 16.5. The lowest BCUT2D eigenvalue weighted by atomic mass is 10.2. The molecule has 0 aliphatic carbocycles. The minimum atomic E-state index is -0.560. The van der Waals surface area contributed by atoms with Crippen molar-refractivity contribution in [3.8, 4) is 0 Å². The molecule has 0 aliphatic rings. The summed E-state index contributed by atoms with van der Waals surface area (Å²) in [5.41, 5.74) is 0.658.